The molecule has 0 amide bonds. The summed E-state index contributed by atoms with van der Waals surface area (Å²) in [6, 6.07) is 0. The van der Waals surface area contributed by atoms with Crippen LogP contribution in [0.25, 0.3) is 0 Å². The number of aliphatic hydroxyl groups excluding tert-OH is 4. The normalized spacial score (nSPS) is 31.1. The maximum absolute atomic E-state index is 10.6. The van der Waals surface area contributed by atoms with Crippen LogP contribution in [0.4, 0.5) is 0 Å². The van der Waals surface area contributed by atoms with Crippen molar-refractivity contribution in [1.82, 2.24) is 0 Å². The van der Waals surface area contributed by atoms with Gasteiger partial charge < -0.3 is 30.3 Å². The van der Waals surface area contributed by atoms with Crippen molar-refractivity contribution in [3.63, 3.8) is 0 Å². The lowest BCUT2D eigenvalue weighted by Gasteiger charge is -2.45. The Kier molecular flexibility index (Phi) is 13.5. The lowest BCUT2D eigenvalue weighted by molar-refractivity contribution is -0.351. The van der Waals surface area contributed by atoms with Crippen LogP contribution in [0.1, 0.15) is 112 Å². The molecule has 1 aliphatic rings. The van der Waals surface area contributed by atoms with Crippen LogP contribution < -0.4 is 0 Å². The van der Waals surface area contributed by atoms with E-state index in [1.807, 2.05) is 0 Å². The molecule has 0 aromatic heterocycles. The zero-order valence-corrected chi connectivity index (χ0v) is 19.2. The molecule has 0 bridgehead atoms. The summed E-state index contributed by atoms with van der Waals surface area (Å²) in [5.74, 6) is -1.47. The van der Waals surface area contributed by atoms with E-state index < -0.39 is 43.2 Å². The summed E-state index contributed by atoms with van der Waals surface area (Å²) in [7, 11) is 0. The van der Waals surface area contributed by atoms with Crippen molar-refractivity contribution in [2.45, 2.75) is 140 Å². The van der Waals surface area contributed by atoms with Crippen molar-refractivity contribution in [3.05, 3.63) is 0 Å². The van der Waals surface area contributed by atoms with E-state index >= 15 is 0 Å². The van der Waals surface area contributed by atoms with Gasteiger partial charge in [-0.3, -0.25) is 0 Å². The minimum atomic E-state index is -2.29. The molecule has 1 saturated heterocycles. The Hall–Kier alpha value is -0.240. The van der Waals surface area contributed by atoms with Crippen molar-refractivity contribution >= 4 is 0 Å². The van der Waals surface area contributed by atoms with E-state index in [0.29, 0.717) is 12.8 Å². The molecule has 1 aliphatic heterocycles. The van der Waals surface area contributed by atoms with E-state index in [2.05, 4.69) is 13.8 Å². The number of unbranched alkanes of at least 4 members (excludes halogenated alkanes) is 11. The zero-order valence-electron chi connectivity index (χ0n) is 20.2. The third-order valence-corrected chi connectivity index (χ3v) is 6.17. The van der Waals surface area contributed by atoms with Crippen molar-refractivity contribution in [2.24, 2.45) is 5.92 Å². The number of hydrogen-bond acceptors (Lipinski definition) is 6. The predicted molar refractivity (Wildman–Crippen MR) is 119 cm³/mol. The largest absolute Gasteiger partial charge is 0.394 e. The van der Waals surface area contributed by atoms with Gasteiger partial charge in [-0.05, 0) is 12.3 Å². The van der Waals surface area contributed by atoms with Gasteiger partial charge in [-0.25, -0.2) is 0 Å². The van der Waals surface area contributed by atoms with Crippen molar-refractivity contribution in [3.8, 4) is 0 Å². The Morgan fingerprint density at radius 3 is 1.63 bits per heavy atom. The van der Waals surface area contributed by atoms with E-state index in [0.717, 1.165) is 25.2 Å². The minimum absolute atomic E-state index is 0.311. The van der Waals surface area contributed by atoms with Gasteiger partial charge in [0.1, 0.15) is 24.4 Å². The molecular weight excluding hydrogens is 384 g/mol. The van der Waals surface area contributed by atoms with Crippen molar-refractivity contribution in [1.29, 1.82) is 0 Å². The van der Waals surface area contributed by atoms with Crippen LogP contribution in [-0.4, -0.2) is 62.3 Å². The molecule has 30 heavy (non-hydrogen) atoms. The standard InChI is InChI=1S/C24H48O6/c1-19(2)16-14-12-10-8-6-4-3-5-7-9-11-13-15-17-24(29)23(28)22(27)21(26)20(18-25)30-24/h19-23,25-29H,3-18H2,1-2H3/t20-,21-,22+,23-,24?/m1/s1/i17D/t17?,20-,21-,22+,23-,24?. The quantitative estimate of drug-likeness (QED) is 0.224. The fraction of sp³-hybridized carbons (Fsp3) is 1.00. The maximum atomic E-state index is 10.6. The van der Waals surface area contributed by atoms with Gasteiger partial charge in [-0.2, -0.15) is 0 Å². The predicted octanol–water partition coefficient (Wildman–Crippen LogP) is 3.66. The molecule has 0 aromatic carbocycles. The average Bonchev–Trinajstić information content (AvgIpc) is 2.74. The van der Waals surface area contributed by atoms with Crippen molar-refractivity contribution < 1.29 is 31.6 Å². The number of hydrogen-bond donors (Lipinski definition) is 5. The Morgan fingerprint density at radius 1 is 0.767 bits per heavy atom. The smallest absolute Gasteiger partial charge is 0.195 e. The lowest BCUT2D eigenvalue weighted by Crippen LogP contribution is -2.65. The highest BCUT2D eigenvalue weighted by atomic mass is 16.7. The van der Waals surface area contributed by atoms with Crippen LogP contribution in [-0.2, 0) is 4.74 Å². The number of aliphatic hydroxyl groups is 5. The third-order valence-electron chi connectivity index (χ3n) is 6.17. The molecule has 6 heteroatoms. The van der Waals surface area contributed by atoms with Gasteiger partial charge in [-0.15, -0.1) is 0 Å². The fourth-order valence-corrected chi connectivity index (χ4v) is 4.12. The van der Waals surface area contributed by atoms with Crippen LogP contribution in [0.2, 0.25) is 0 Å². The van der Waals surface area contributed by atoms with Gasteiger partial charge >= 0.3 is 0 Å². The number of ether oxygens (including phenoxy) is 1. The molecule has 0 saturated carbocycles. The molecular formula is C24H48O6. The van der Waals surface area contributed by atoms with Gasteiger partial charge in [-0.1, -0.05) is 97.3 Å². The maximum Gasteiger partial charge on any atom is 0.195 e. The van der Waals surface area contributed by atoms with Crippen LogP contribution in [0.3, 0.4) is 0 Å². The molecule has 0 aliphatic carbocycles. The first-order valence-corrected chi connectivity index (χ1v) is 12.2. The SMILES string of the molecule is [2H]C(CCCCCCCCCCCCCCC(C)C)C1(O)O[C@H](CO)[C@@H](O)[C@H](O)[C@H]1O. The Labute approximate surface area is 185 Å². The van der Waals surface area contributed by atoms with Gasteiger partial charge in [0.25, 0.3) is 0 Å². The topological polar surface area (TPSA) is 110 Å². The highest BCUT2D eigenvalue weighted by molar-refractivity contribution is 4.95. The summed E-state index contributed by atoms with van der Waals surface area (Å²) in [5, 5.41) is 49.6. The second-order valence-electron chi connectivity index (χ2n) is 9.43. The molecule has 1 heterocycles. The molecule has 6 nitrogen and oxygen atoms in total. The van der Waals surface area contributed by atoms with Crippen molar-refractivity contribution in [2.75, 3.05) is 6.61 Å². The summed E-state index contributed by atoms with van der Waals surface area (Å²) in [4.78, 5) is 0. The highest BCUT2D eigenvalue weighted by Crippen LogP contribution is 2.32. The molecule has 0 aromatic rings. The van der Waals surface area contributed by atoms with Gasteiger partial charge in [0, 0.05) is 7.77 Å². The van der Waals surface area contributed by atoms with E-state index in [1.165, 1.54) is 57.8 Å². The molecule has 6 atom stereocenters. The highest BCUT2D eigenvalue weighted by Gasteiger charge is 2.51. The summed E-state index contributed by atoms with van der Waals surface area (Å²) in [5.41, 5.74) is 0. The first-order chi connectivity index (χ1) is 14.7. The fourth-order valence-electron chi connectivity index (χ4n) is 4.12. The monoisotopic (exact) mass is 433 g/mol. The second kappa shape index (κ2) is 15.5. The molecule has 0 radical (unpaired) electrons. The summed E-state index contributed by atoms with van der Waals surface area (Å²) in [6.45, 7) is 3.96. The van der Waals surface area contributed by atoms with Crippen LogP contribution in [0.15, 0.2) is 0 Å². The van der Waals surface area contributed by atoms with E-state index in [4.69, 9.17) is 6.11 Å². The minimum Gasteiger partial charge on any atom is -0.394 e. The van der Waals surface area contributed by atoms with E-state index in [1.54, 1.807) is 0 Å². The van der Waals surface area contributed by atoms with Crippen LogP contribution >= 0.6 is 0 Å². The zero-order chi connectivity index (χ0) is 23.3. The molecule has 180 valence electrons. The first-order valence-electron chi connectivity index (χ1n) is 12.8. The lowest BCUT2D eigenvalue weighted by atomic mass is 9.89. The third kappa shape index (κ3) is 10.4. The molecule has 2 unspecified atom stereocenters. The van der Waals surface area contributed by atoms with Crippen LogP contribution in [0, 0.1) is 5.92 Å². The Balaban J connectivity index is 2.06. The van der Waals surface area contributed by atoms with Gasteiger partial charge in [0.2, 0.25) is 0 Å². The van der Waals surface area contributed by atoms with Crippen LogP contribution in [0.5, 0.6) is 0 Å². The molecule has 0 spiro atoms. The van der Waals surface area contributed by atoms with Gasteiger partial charge in [0.05, 0.1) is 6.61 Å². The summed E-state index contributed by atoms with van der Waals surface area (Å²) >= 11 is 0. The molecule has 5 N–H and O–H groups in total. The summed E-state index contributed by atoms with van der Waals surface area (Å²) < 4.78 is 13.4. The molecule has 1 rings (SSSR count). The number of rotatable bonds is 17. The summed E-state index contributed by atoms with van der Waals surface area (Å²) in [6.07, 6.45) is 8.79. The second-order valence-corrected chi connectivity index (χ2v) is 9.43. The Bertz CT molecular complexity index is 450. The first kappa shape index (κ1) is 26.0. The van der Waals surface area contributed by atoms with Gasteiger partial charge in [0.15, 0.2) is 5.79 Å². The van der Waals surface area contributed by atoms with E-state index in [-0.39, 0.29) is 0 Å². The van der Waals surface area contributed by atoms with E-state index in [9.17, 15) is 25.5 Å². The Morgan fingerprint density at radius 2 is 1.20 bits per heavy atom. The average molecular weight is 434 g/mol. The molecule has 1 fully saturated rings.